The summed E-state index contributed by atoms with van der Waals surface area (Å²) < 4.78 is 20.7. The maximum Gasteiger partial charge on any atom is 0.337 e. The van der Waals surface area contributed by atoms with Gasteiger partial charge in [-0.1, -0.05) is 24.3 Å². The topological polar surface area (TPSA) is 117 Å². The van der Waals surface area contributed by atoms with Gasteiger partial charge in [-0.05, 0) is 42.5 Å². The average molecular weight is 486 g/mol. The first-order chi connectivity index (χ1) is 17.4. The molecule has 0 spiro atoms. The molecule has 4 rings (SSSR count). The average Bonchev–Trinajstić information content (AvgIpc) is 3.42. The summed E-state index contributed by atoms with van der Waals surface area (Å²) in [6.45, 7) is 0. The number of esters is 2. The SMILES string of the molecule is COC(=O)c1cc(NC(=O)c2ccccc2-c2ncc(-c3cccc(OC)c3)o2)cc(C(=O)OC)c1. The molecule has 0 atom stereocenters. The molecule has 0 saturated carbocycles. The lowest BCUT2D eigenvalue weighted by atomic mass is 10.1. The summed E-state index contributed by atoms with van der Waals surface area (Å²) >= 11 is 0. The Morgan fingerprint density at radius 1 is 0.833 bits per heavy atom. The molecule has 0 bridgehead atoms. The minimum atomic E-state index is -0.665. The van der Waals surface area contributed by atoms with Crippen LogP contribution in [0.15, 0.2) is 77.3 Å². The van der Waals surface area contributed by atoms with E-state index in [0.29, 0.717) is 17.1 Å². The number of methoxy groups -OCH3 is 3. The van der Waals surface area contributed by atoms with Crippen molar-refractivity contribution in [3.8, 4) is 28.5 Å². The monoisotopic (exact) mass is 486 g/mol. The Hall–Kier alpha value is -4.92. The summed E-state index contributed by atoms with van der Waals surface area (Å²) in [4.78, 5) is 41.7. The van der Waals surface area contributed by atoms with Crippen molar-refractivity contribution in [2.45, 2.75) is 0 Å². The molecule has 3 aromatic carbocycles. The quantitative estimate of drug-likeness (QED) is 0.369. The molecule has 9 heteroatoms. The number of anilines is 1. The number of benzene rings is 3. The number of hydrogen-bond donors (Lipinski definition) is 1. The van der Waals surface area contributed by atoms with Crippen LogP contribution in [0, 0.1) is 0 Å². The molecule has 0 aliphatic rings. The van der Waals surface area contributed by atoms with Gasteiger partial charge in [0.25, 0.3) is 5.91 Å². The Kier molecular flexibility index (Phi) is 7.10. The fourth-order valence-corrected chi connectivity index (χ4v) is 3.55. The Morgan fingerprint density at radius 2 is 1.53 bits per heavy atom. The molecule has 1 aromatic heterocycles. The lowest BCUT2D eigenvalue weighted by Crippen LogP contribution is -2.15. The highest BCUT2D eigenvalue weighted by Crippen LogP contribution is 2.30. The van der Waals surface area contributed by atoms with Gasteiger partial charge < -0.3 is 23.9 Å². The second-order valence-corrected chi connectivity index (χ2v) is 7.54. The first-order valence-corrected chi connectivity index (χ1v) is 10.8. The molecular formula is C27H22N2O7. The lowest BCUT2D eigenvalue weighted by Gasteiger charge is -2.11. The number of nitrogens with one attached hydrogen (secondary N) is 1. The van der Waals surface area contributed by atoms with Crippen LogP contribution in [0.3, 0.4) is 0 Å². The highest BCUT2D eigenvalue weighted by Gasteiger charge is 2.19. The Morgan fingerprint density at radius 3 is 2.19 bits per heavy atom. The Labute approximate surface area is 206 Å². The summed E-state index contributed by atoms with van der Waals surface area (Å²) in [7, 11) is 4.02. The van der Waals surface area contributed by atoms with Gasteiger partial charge in [0.1, 0.15) is 5.75 Å². The summed E-state index contributed by atoms with van der Waals surface area (Å²) in [5.41, 5.74) is 1.88. The van der Waals surface area contributed by atoms with Crippen molar-refractivity contribution in [2.75, 3.05) is 26.6 Å². The number of hydrogen-bond acceptors (Lipinski definition) is 8. The van der Waals surface area contributed by atoms with Crippen LogP contribution in [0.2, 0.25) is 0 Å². The van der Waals surface area contributed by atoms with Crippen molar-refractivity contribution in [1.29, 1.82) is 0 Å². The van der Waals surface area contributed by atoms with Gasteiger partial charge in [0.2, 0.25) is 5.89 Å². The summed E-state index contributed by atoms with van der Waals surface area (Å²) in [6.07, 6.45) is 1.57. The van der Waals surface area contributed by atoms with E-state index in [0.717, 1.165) is 5.56 Å². The summed E-state index contributed by atoms with van der Waals surface area (Å²) in [6, 6.07) is 18.3. The molecule has 4 aromatic rings. The van der Waals surface area contributed by atoms with Crippen molar-refractivity contribution < 1.29 is 33.0 Å². The van der Waals surface area contributed by atoms with Gasteiger partial charge in [0.15, 0.2) is 5.76 Å². The van der Waals surface area contributed by atoms with Gasteiger partial charge in [0, 0.05) is 16.8 Å². The van der Waals surface area contributed by atoms with Gasteiger partial charge in [-0.2, -0.15) is 0 Å². The first-order valence-electron chi connectivity index (χ1n) is 10.8. The first kappa shape index (κ1) is 24.2. The van der Waals surface area contributed by atoms with E-state index in [1.165, 1.54) is 32.4 Å². The summed E-state index contributed by atoms with van der Waals surface area (Å²) in [5, 5.41) is 2.72. The van der Waals surface area contributed by atoms with Crippen LogP contribution in [0.1, 0.15) is 31.1 Å². The van der Waals surface area contributed by atoms with E-state index in [4.69, 9.17) is 18.6 Å². The predicted octanol–water partition coefficient (Wildman–Crippen LogP) is 4.84. The van der Waals surface area contributed by atoms with Crippen LogP contribution in [0.25, 0.3) is 22.8 Å². The third-order valence-electron chi connectivity index (χ3n) is 5.30. The van der Waals surface area contributed by atoms with Crippen molar-refractivity contribution >= 4 is 23.5 Å². The van der Waals surface area contributed by atoms with Crippen LogP contribution in [0.4, 0.5) is 5.69 Å². The van der Waals surface area contributed by atoms with Gasteiger partial charge >= 0.3 is 11.9 Å². The fraction of sp³-hybridized carbons (Fsp3) is 0.111. The Bertz CT molecular complexity index is 1410. The van der Waals surface area contributed by atoms with Gasteiger partial charge in [-0.25, -0.2) is 14.6 Å². The number of nitrogens with zero attached hydrogens (tertiary/aromatic N) is 1. The van der Waals surface area contributed by atoms with Crippen LogP contribution >= 0.6 is 0 Å². The normalized spacial score (nSPS) is 10.4. The largest absolute Gasteiger partial charge is 0.497 e. The van der Waals surface area contributed by atoms with Crippen molar-refractivity contribution in [3.05, 3.63) is 89.6 Å². The van der Waals surface area contributed by atoms with Crippen LogP contribution in [-0.4, -0.2) is 44.2 Å². The van der Waals surface area contributed by atoms with E-state index < -0.39 is 17.8 Å². The number of aromatic nitrogens is 1. The standard InChI is InChI=1S/C27H22N2O7/c1-33-20-8-6-7-16(14-20)23-15-28-25(36-23)22-10-5-4-9-21(22)24(30)29-19-12-17(26(31)34-2)11-18(13-19)27(32)35-3/h4-15H,1-3H3,(H,29,30). The molecule has 1 heterocycles. The zero-order chi connectivity index (χ0) is 25.7. The fourth-order valence-electron chi connectivity index (χ4n) is 3.55. The molecular weight excluding hydrogens is 464 g/mol. The molecule has 0 saturated heterocycles. The molecule has 0 radical (unpaired) electrons. The number of rotatable bonds is 7. The van der Waals surface area contributed by atoms with E-state index in [9.17, 15) is 14.4 Å². The zero-order valence-corrected chi connectivity index (χ0v) is 19.7. The minimum absolute atomic E-state index is 0.0830. The molecule has 0 fully saturated rings. The van der Waals surface area contributed by atoms with Gasteiger partial charge in [-0.15, -0.1) is 0 Å². The smallest absolute Gasteiger partial charge is 0.337 e. The number of amides is 1. The molecule has 0 aliphatic heterocycles. The number of carbonyl (C=O) groups is 3. The van der Waals surface area contributed by atoms with E-state index in [1.54, 1.807) is 37.6 Å². The van der Waals surface area contributed by atoms with Crippen molar-refractivity contribution in [1.82, 2.24) is 4.98 Å². The number of ether oxygens (including phenoxy) is 3. The lowest BCUT2D eigenvalue weighted by molar-refractivity contribution is 0.0599. The molecule has 1 N–H and O–H groups in total. The van der Waals surface area contributed by atoms with Crippen molar-refractivity contribution in [2.24, 2.45) is 0 Å². The van der Waals surface area contributed by atoms with Crippen molar-refractivity contribution in [3.63, 3.8) is 0 Å². The van der Waals surface area contributed by atoms with E-state index in [1.807, 2.05) is 24.3 Å². The molecule has 0 unspecified atom stereocenters. The minimum Gasteiger partial charge on any atom is -0.497 e. The van der Waals surface area contributed by atoms with E-state index in [2.05, 4.69) is 10.3 Å². The molecule has 36 heavy (non-hydrogen) atoms. The van der Waals surface area contributed by atoms with Crippen LogP contribution in [0.5, 0.6) is 5.75 Å². The van der Waals surface area contributed by atoms with E-state index in [-0.39, 0.29) is 28.3 Å². The molecule has 1 amide bonds. The highest BCUT2D eigenvalue weighted by molar-refractivity contribution is 6.09. The summed E-state index contributed by atoms with van der Waals surface area (Å²) in [5.74, 6) is -0.400. The third kappa shape index (κ3) is 5.10. The predicted molar refractivity (Wildman–Crippen MR) is 131 cm³/mol. The molecule has 182 valence electrons. The highest BCUT2D eigenvalue weighted by atomic mass is 16.5. The van der Waals surface area contributed by atoms with E-state index >= 15 is 0 Å². The maximum atomic E-state index is 13.2. The number of oxazole rings is 1. The van der Waals surface area contributed by atoms with Crippen LogP contribution < -0.4 is 10.1 Å². The second-order valence-electron chi connectivity index (χ2n) is 7.54. The molecule has 0 aliphatic carbocycles. The number of carbonyl (C=O) groups excluding carboxylic acids is 3. The Balaban J connectivity index is 1.66. The molecule has 9 nitrogen and oxygen atoms in total. The zero-order valence-electron chi connectivity index (χ0n) is 19.7. The van der Waals surface area contributed by atoms with Gasteiger partial charge in [-0.3, -0.25) is 4.79 Å². The van der Waals surface area contributed by atoms with Crippen LogP contribution in [-0.2, 0) is 9.47 Å². The second kappa shape index (κ2) is 10.6. The third-order valence-corrected chi connectivity index (χ3v) is 5.30. The maximum absolute atomic E-state index is 13.2. The van der Waals surface area contributed by atoms with Gasteiger partial charge in [0.05, 0.1) is 44.2 Å².